The highest BCUT2D eigenvalue weighted by atomic mass is 14.9. The van der Waals surface area contributed by atoms with Crippen LogP contribution < -0.4 is 5.32 Å². The molecule has 20 heavy (non-hydrogen) atoms. The predicted molar refractivity (Wildman–Crippen MR) is 85.0 cm³/mol. The summed E-state index contributed by atoms with van der Waals surface area (Å²) < 4.78 is 0. The second-order valence-corrected chi connectivity index (χ2v) is 5.79. The van der Waals surface area contributed by atoms with Crippen LogP contribution in [-0.4, -0.2) is 6.54 Å². The number of nitrogens with one attached hydrogen (secondary N) is 1. The van der Waals surface area contributed by atoms with E-state index in [2.05, 4.69) is 60.8 Å². The molecule has 0 spiro atoms. The maximum absolute atomic E-state index is 3.64. The molecule has 0 heterocycles. The molecule has 0 saturated heterocycles. The second-order valence-electron chi connectivity index (χ2n) is 5.79. The van der Waals surface area contributed by atoms with E-state index in [1.165, 1.54) is 30.4 Å². The molecular formula is C19H23N. The van der Waals surface area contributed by atoms with Crippen molar-refractivity contribution in [2.24, 2.45) is 0 Å². The van der Waals surface area contributed by atoms with Crippen molar-refractivity contribution in [1.29, 1.82) is 0 Å². The quantitative estimate of drug-likeness (QED) is 0.859. The van der Waals surface area contributed by atoms with Gasteiger partial charge < -0.3 is 5.32 Å². The Morgan fingerprint density at radius 3 is 2.65 bits per heavy atom. The Labute approximate surface area is 122 Å². The average molecular weight is 265 g/mol. The molecule has 1 aliphatic carbocycles. The Balaban J connectivity index is 1.55. The van der Waals surface area contributed by atoms with E-state index in [4.69, 9.17) is 0 Å². The van der Waals surface area contributed by atoms with Crippen LogP contribution in [0.4, 0.5) is 0 Å². The molecule has 0 amide bonds. The predicted octanol–water partition coefficient (Wildman–Crippen LogP) is 4.07. The maximum atomic E-state index is 3.64. The third-order valence-electron chi connectivity index (χ3n) is 4.33. The lowest BCUT2D eigenvalue weighted by atomic mass is 10.0. The van der Waals surface area contributed by atoms with Gasteiger partial charge in [0.2, 0.25) is 0 Å². The Morgan fingerprint density at radius 1 is 1.00 bits per heavy atom. The zero-order valence-corrected chi connectivity index (χ0v) is 12.2. The van der Waals surface area contributed by atoms with Crippen molar-refractivity contribution in [3.63, 3.8) is 0 Å². The van der Waals surface area contributed by atoms with E-state index in [1.54, 1.807) is 11.1 Å². The molecule has 0 fully saturated rings. The fourth-order valence-electron chi connectivity index (χ4n) is 3.06. The molecule has 1 nitrogen and oxygen atoms in total. The first-order chi connectivity index (χ1) is 9.83. The van der Waals surface area contributed by atoms with E-state index >= 15 is 0 Å². The van der Waals surface area contributed by atoms with Crippen molar-refractivity contribution < 1.29 is 0 Å². The van der Waals surface area contributed by atoms with Crippen LogP contribution in [0.5, 0.6) is 0 Å². The largest absolute Gasteiger partial charge is 0.310 e. The van der Waals surface area contributed by atoms with Crippen molar-refractivity contribution in [3.8, 4) is 0 Å². The Morgan fingerprint density at radius 2 is 1.80 bits per heavy atom. The van der Waals surface area contributed by atoms with Crippen molar-refractivity contribution in [1.82, 2.24) is 5.32 Å². The number of hydrogen-bond acceptors (Lipinski definition) is 1. The van der Waals surface area contributed by atoms with Gasteiger partial charge in [0.25, 0.3) is 0 Å². The van der Waals surface area contributed by atoms with Gasteiger partial charge in [0, 0.05) is 6.04 Å². The number of benzene rings is 2. The van der Waals surface area contributed by atoms with Crippen molar-refractivity contribution in [2.75, 3.05) is 6.54 Å². The lowest BCUT2D eigenvalue weighted by molar-refractivity contribution is 0.576. The molecule has 1 aliphatic rings. The highest BCUT2D eigenvalue weighted by molar-refractivity contribution is 5.36. The van der Waals surface area contributed by atoms with Crippen LogP contribution in [0.1, 0.15) is 41.6 Å². The lowest BCUT2D eigenvalue weighted by Gasteiger charge is -2.15. The minimum atomic E-state index is 0.435. The molecule has 1 unspecified atom stereocenters. The van der Waals surface area contributed by atoms with Crippen molar-refractivity contribution in [2.45, 2.75) is 38.6 Å². The first-order valence-corrected chi connectivity index (χ1v) is 7.72. The van der Waals surface area contributed by atoms with Crippen LogP contribution in [0.15, 0.2) is 48.5 Å². The molecule has 1 heteroatoms. The monoisotopic (exact) mass is 265 g/mol. The van der Waals surface area contributed by atoms with Crippen LogP contribution >= 0.6 is 0 Å². The van der Waals surface area contributed by atoms with Gasteiger partial charge in [-0.3, -0.25) is 0 Å². The van der Waals surface area contributed by atoms with Crippen LogP contribution in [0.25, 0.3) is 0 Å². The minimum Gasteiger partial charge on any atom is -0.310 e. The molecular weight excluding hydrogens is 242 g/mol. The molecule has 1 N–H and O–H groups in total. The van der Waals surface area contributed by atoms with E-state index < -0.39 is 0 Å². The molecule has 104 valence electrons. The van der Waals surface area contributed by atoms with Crippen LogP contribution in [0.2, 0.25) is 0 Å². The highest BCUT2D eigenvalue weighted by Gasteiger charge is 2.13. The van der Waals surface area contributed by atoms with Gasteiger partial charge in [0.15, 0.2) is 0 Å². The summed E-state index contributed by atoms with van der Waals surface area (Å²) in [4.78, 5) is 0. The van der Waals surface area contributed by atoms with Crippen LogP contribution in [-0.2, 0) is 19.3 Å². The zero-order valence-electron chi connectivity index (χ0n) is 12.2. The third kappa shape index (κ3) is 3.10. The Bertz CT molecular complexity index is 559. The SMILES string of the molecule is CC(NCCc1ccccc1)c1ccc2c(c1)CCC2. The number of hydrogen-bond donors (Lipinski definition) is 1. The summed E-state index contributed by atoms with van der Waals surface area (Å²) in [6, 6.07) is 18.1. The van der Waals surface area contributed by atoms with E-state index in [1.807, 2.05) is 0 Å². The normalized spacial score (nSPS) is 15.1. The zero-order chi connectivity index (χ0) is 13.8. The molecule has 3 rings (SSSR count). The maximum Gasteiger partial charge on any atom is 0.0292 e. The van der Waals surface area contributed by atoms with Crippen LogP contribution in [0.3, 0.4) is 0 Å². The molecule has 0 aliphatic heterocycles. The summed E-state index contributed by atoms with van der Waals surface area (Å²) in [5, 5.41) is 3.64. The van der Waals surface area contributed by atoms with Gasteiger partial charge in [0.1, 0.15) is 0 Å². The third-order valence-corrected chi connectivity index (χ3v) is 4.33. The molecule has 2 aromatic carbocycles. The summed E-state index contributed by atoms with van der Waals surface area (Å²) in [5.74, 6) is 0. The fraction of sp³-hybridized carbons (Fsp3) is 0.368. The highest BCUT2D eigenvalue weighted by Crippen LogP contribution is 2.25. The van der Waals surface area contributed by atoms with Gasteiger partial charge in [-0.1, -0.05) is 48.5 Å². The van der Waals surface area contributed by atoms with Crippen molar-refractivity contribution in [3.05, 3.63) is 70.8 Å². The average Bonchev–Trinajstić information content (AvgIpc) is 2.95. The van der Waals surface area contributed by atoms with E-state index in [9.17, 15) is 0 Å². The summed E-state index contributed by atoms with van der Waals surface area (Å²) in [6.45, 7) is 3.30. The fourth-order valence-corrected chi connectivity index (χ4v) is 3.06. The van der Waals surface area contributed by atoms with E-state index in [0.29, 0.717) is 6.04 Å². The first-order valence-electron chi connectivity index (χ1n) is 7.72. The molecule has 0 aromatic heterocycles. The van der Waals surface area contributed by atoms with Crippen LogP contribution in [0, 0.1) is 0 Å². The molecule has 1 atom stereocenters. The lowest BCUT2D eigenvalue weighted by Crippen LogP contribution is -2.21. The van der Waals surface area contributed by atoms with Gasteiger partial charge in [-0.2, -0.15) is 0 Å². The van der Waals surface area contributed by atoms with E-state index in [-0.39, 0.29) is 0 Å². The number of aryl methyl sites for hydroxylation is 2. The summed E-state index contributed by atoms with van der Waals surface area (Å²) >= 11 is 0. The summed E-state index contributed by atoms with van der Waals surface area (Å²) in [5.41, 5.74) is 5.96. The molecule has 2 aromatic rings. The number of fused-ring (bicyclic) bond motifs is 1. The first kappa shape index (κ1) is 13.4. The second kappa shape index (κ2) is 6.23. The number of rotatable bonds is 5. The van der Waals surface area contributed by atoms with Gasteiger partial charge in [-0.05, 0) is 61.4 Å². The molecule has 0 saturated carbocycles. The molecule has 0 radical (unpaired) electrons. The Hall–Kier alpha value is -1.60. The van der Waals surface area contributed by atoms with Gasteiger partial charge in [-0.25, -0.2) is 0 Å². The van der Waals surface area contributed by atoms with E-state index in [0.717, 1.165) is 13.0 Å². The van der Waals surface area contributed by atoms with Gasteiger partial charge >= 0.3 is 0 Å². The van der Waals surface area contributed by atoms with Gasteiger partial charge in [0.05, 0.1) is 0 Å². The van der Waals surface area contributed by atoms with Crippen molar-refractivity contribution >= 4 is 0 Å². The van der Waals surface area contributed by atoms with Gasteiger partial charge in [-0.15, -0.1) is 0 Å². The topological polar surface area (TPSA) is 12.0 Å². The molecule has 0 bridgehead atoms. The summed E-state index contributed by atoms with van der Waals surface area (Å²) in [6.07, 6.45) is 4.95. The minimum absolute atomic E-state index is 0.435. The Kier molecular flexibility index (Phi) is 4.17. The standard InChI is InChI=1S/C19H23N/c1-15(20-13-12-16-6-3-2-4-7-16)18-11-10-17-8-5-9-19(17)14-18/h2-4,6-7,10-11,14-15,20H,5,8-9,12-13H2,1H3. The summed E-state index contributed by atoms with van der Waals surface area (Å²) in [7, 11) is 0. The smallest absolute Gasteiger partial charge is 0.0292 e.